The fourth-order valence-electron chi connectivity index (χ4n) is 3.87. The summed E-state index contributed by atoms with van der Waals surface area (Å²) in [6.45, 7) is 6.54. The minimum absolute atomic E-state index is 0.0865. The molecule has 29 heavy (non-hydrogen) atoms. The van der Waals surface area contributed by atoms with E-state index in [2.05, 4.69) is 11.2 Å². The van der Waals surface area contributed by atoms with Crippen molar-refractivity contribution in [2.45, 2.75) is 45.3 Å². The number of carbonyl (C=O) groups is 1. The number of nitrogens with zero attached hydrogens (tertiary/aromatic N) is 5. The number of carbonyl (C=O) groups excluding carboxylic acids is 1. The van der Waals surface area contributed by atoms with Gasteiger partial charge in [0.05, 0.1) is 22.5 Å². The van der Waals surface area contributed by atoms with Gasteiger partial charge in [0.25, 0.3) is 5.56 Å². The van der Waals surface area contributed by atoms with Crippen molar-refractivity contribution in [2.24, 2.45) is 0 Å². The van der Waals surface area contributed by atoms with Gasteiger partial charge in [0.15, 0.2) is 0 Å². The second-order valence-electron chi connectivity index (χ2n) is 8.30. The van der Waals surface area contributed by atoms with Gasteiger partial charge in [0.1, 0.15) is 11.2 Å². The van der Waals surface area contributed by atoms with Gasteiger partial charge in [0, 0.05) is 31.4 Å². The highest BCUT2D eigenvalue weighted by atomic mass is 16.6. The van der Waals surface area contributed by atoms with Gasteiger partial charge >= 0.3 is 6.09 Å². The van der Waals surface area contributed by atoms with E-state index in [1.54, 1.807) is 32.3 Å². The third-order valence-electron chi connectivity index (χ3n) is 5.12. The second kappa shape index (κ2) is 6.92. The second-order valence-corrected chi connectivity index (χ2v) is 8.30. The molecule has 1 aromatic carbocycles. The van der Waals surface area contributed by atoms with Crippen LogP contribution in [0.5, 0.6) is 0 Å². The van der Waals surface area contributed by atoms with Crippen molar-refractivity contribution in [1.82, 2.24) is 19.1 Å². The number of amides is 1. The Morgan fingerprint density at radius 2 is 1.97 bits per heavy atom. The molecule has 1 saturated heterocycles. The fraction of sp³-hybridized carbons (Fsp3) is 0.429. The molecule has 0 aliphatic carbocycles. The van der Waals surface area contributed by atoms with Gasteiger partial charge in [-0.1, -0.05) is 6.07 Å². The first-order valence-electron chi connectivity index (χ1n) is 9.69. The topological polar surface area (TPSA) is 92.6 Å². The van der Waals surface area contributed by atoms with E-state index >= 15 is 0 Å². The highest BCUT2D eigenvalue weighted by molar-refractivity contribution is 5.97. The maximum Gasteiger partial charge on any atom is 0.410 e. The number of rotatable bonds is 1. The van der Waals surface area contributed by atoms with Crippen LogP contribution in [0.25, 0.3) is 16.6 Å². The third-order valence-corrected chi connectivity index (χ3v) is 5.12. The third kappa shape index (κ3) is 3.44. The van der Waals surface area contributed by atoms with Crippen LogP contribution in [0.15, 0.2) is 35.3 Å². The number of piperidine rings is 1. The van der Waals surface area contributed by atoms with Gasteiger partial charge in [-0.05, 0) is 45.7 Å². The molecule has 0 radical (unpaired) electrons. The summed E-state index contributed by atoms with van der Waals surface area (Å²) in [5, 5.41) is 14.7. The Labute approximate surface area is 167 Å². The number of ether oxygens (including phenoxy) is 1. The van der Waals surface area contributed by atoms with E-state index in [1.165, 1.54) is 6.07 Å². The van der Waals surface area contributed by atoms with Crippen LogP contribution in [0.3, 0.4) is 0 Å². The van der Waals surface area contributed by atoms with Crippen LogP contribution in [0.2, 0.25) is 0 Å². The molecule has 0 atom stereocenters. The predicted octanol–water partition coefficient (Wildman–Crippen LogP) is 3.09. The first kappa shape index (κ1) is 19.0. The van der Waals surface area contributed by atoms with Crippen molar-refractivity contribution < 1.29 is 9.53 Å². The van der Waals surface area contributed by atoms with Gasteiger partial charge < -0.3 is 9.64 Å². The molecular weight excluding hydrogens is 370 g/mol. The van der Waals surface area contributed by atoms with Crippen LogP contribution in [0.1, 0.15) is 45.2 Å². The summed E-state index contributed by atoms with van der Waals surface area (Å²) >= 11 is 0. The van der Waals surface area contributed by atoms with E-state index in [-0.39, 0.29) is 17.7 Å². The molecule has 1 aliphatic heterocycles. The zero-order chi connectivity index (χ0) is 20.8. The van der Waals surface area contributed by atoms with Crippen LogP contribution in [0, 0.1) is 11.3 Å². The van der Waals surface area contributed by atoms with Crippen molar-refractivity contribution in [1.29, 1.82) is 5.26 Å². The van der Waals surface area contributed by atoms with Crippen LogP contribution in [-0.4, -0.2) is 43.9 Å². The molecule has 2 aromatic heterocycles. The lowest BCUT2D eigenvalue weighted by atomic mass is 10.0. The number of nitriles is 1. The van der Waals surface area contributed by atoms with Crippen LogP contribution in [-0.2, 0) is 4.74 Å². The van der Waals surface area contributed by atoms with Crippen molar-refractivity contribution in [3.8, 4) is 6.07 Å². The molecule has 4 rings (SSSR count). The van der Waals surface area contributed by atoms with Gasteiger partial charge in [-0.3, -0.25) is 9.36 Å². The minimum atomic E-state index is -0.541. The van der Waals surface area contributed by atoms with Crippen molar-refractivity contribution in [3.05, 3.63) is 46.4 Å². The van der Waals surface area contributed by atoms with Crippen molar-refractivity contribution in [2.75, 3.05) is 13.1 Å². The highest BCUT2D eigenvalue weighted by Crippen LogP contribution is 2.28. The highest BCUT2D eigenvalue weighted by Gasteiger charge is 2.29. The molecule has 1 fully saturated rings. The summed E-state index contributed by atoms with van der Waals surface area (Å²) in [4.78, 5) is 26.8. The predicted molar refractivity (Wildman–Crippen MR) is 108 cm³/mol. The molecule has 1 aliphatic rings. The number of hydrogen-bond donors (Lipinski definition) is 0. The van der Waals surface area contributed by atoms with E-state index in [4.69, 9.17) is 4.74 Å². The average Bonchev–Trinajstić information content (AvgIpc) is 3.05. The van der Waals surface area contributed by atoms with Gasteiger partial charge in [0.2, 0.25) is 0 Å². The number of likely N-dealkylation sites (tertiary alicyclic amines) is 1. The zero-order valence-corrected chi connectivity index (χ0v) is 16.8. The average molecular weight is 393 g/mol. The minimum Gasteiger partial charge on any atom is -0.444 e. The maximum absolute atomic E-state index is 12.8. The van der Waals surface area contributed by atoms with E-state index < -0.39 is 5.60 Å². The van der Waals surface area contributed by atoms with Crippen LogP contribution >= 0.6 is 0 Å². The Kier molecular flexibility index (Phi) is 4.53. The Bertz CT molecular complexity index is 1190. The lowest BCUT2D eigenvalue weighted by Crippen LogP contribution is -2.43. The molecule has 150 valence electrons. The maximum atomic E-state index is 12.8. The van der Waals surface area contributed by atoms with Crippen LogP contribution < -0.4 is 5.56 Å². The zero-order valence-electron chi connectivity index (χ0n) is 16.8. The Hall–Kier alpha value is -3.34. The molecule has 1 amide bonds. The molecule has 0 bridgehead atoms. The van der Waals surface area contributed by atoms with E-state index in [0.29, 0.717) is 48.0 Å². The first-order chi connectivity index (χ1) is 13.8. The number of hydrogen-bond acceptors (Lipinski definition) is 5. The van der Waals surface area contributed by atoms with E-state index in [1.807, 2.05) is 26.8 Å². The number of fused-ring (bicyclic) bond motifs is 3. The first-order valence-corrected chi connectivity index (χ1v) is 9.69. The van der Waals surface area contributed by atoms with Gasteiger partial charge in [-0.15, -0.1) is 0 Å². The quantitative estimate of drug-likeness (QED) is 0.633. The molecule has 3 heterocycles. The molecule has 0 N–H and O–H groups in total. The van der Waals surface area contributed by atoms with Crippen molar-refractivity contribution >= 4 is 22.6 Å². The van der Waals surface area contributed by atoms with Crippen LogP contribution in [0.4, 0.5) is 4.79 Å². The van der Waals surface area contributed by atoms with E-state index in [9.17, 15) is 14.9 Å². The smallest absolute Gasteiger partial charge is 0.410 e. The van der Waals surface area contributed by atoms with Crippen molar-refractivity contribution in [3.63, 3.8) is 0 Å². The monoisotopic (exact) mass is 393 g/mol. The summed E-state index contributed by atoms with van der Waals surface area (Å²) < 4.78 is 8.84. The fourth-order valence-corrected chi connectivity index (χ4v) is 3.87. The number of aromatic nitrogens is 3. The van der Waals surface area contributed by atoms with E-state index in [0.717, 1.165) is 0 Å². The largest absolute Gasteiger partial charge is 0.444 e. The molecule has 0 unspecified atom stereocenters. The summed E-state index contributed by atoms with van der Waals surface area (Å²) in [5.74, 6) is 0. The Morgan fingerprint density at radius 3 is 2.62 bits per heavy atom. The molecular formula is C21H23N5O3. The molecule has 8 heteroatoms. The number of benzene rings is 1. The summed E-state index contributed by atoms with van der Waals surface area (Å²) in [7, 11) is 0. The van der Waals surface area contributed by atoms with Gasteiger partial charge in [-0.2, -0.15) is 10.4 Å². The molecule has 0 spiro atoms. The van der Waals surface area contributed by atoms with Gasteiger partial charge in [-0.25, -0.2) is 9.31 Å². The lowest BCUT2D eigenvalue weighted by molar-refractivity contribution is 0.0188. The Balaban J connectivity index is 1.71. The summed E-state index contributed by atoms with van der Waals surface area (Å²) in [6, 6.07) is 8.96. The summed E-state index contributed by atoms with van der Waals surface area (Å²) in [6.07, 6.45) is 2.55. The normalized spacial score (nSPS) is 15.6. The lowest BCUT2D eigenvalue weighted by Gasteiger charge is -2.34. The SMILES string of the molecule is CC(C)(C)OC(=O)N1CCC(n2c(=O)ccn3nc4cccc(C#N)c4c23)CC1. The molecule has 8 nitrogen and oxygen atoms in total. The molecule has 3 aromatic rings. The summed E-state index contributed by atoms with van der Waals surface area (Å²) in [5.41, 5.74) is 1.11. The molecule has 0 saturated carbocycles. The Morgan fingerprint density at radius 1 is 1.24 bits per heavy atom. The standard InChI is InChI=1S/C21H23N5O3/c1-21(2,3)29-20(28)24-10-7-15(8-11-24)26-17(27)9-12-25-19(26)18-14(13-22)5-4-6-16(18)23-25/h4-6,9,12,15H,7-8,10-11H2,1-3H3.